The molecule has 9 heteroatoms. The highest BCUT2D eigenvalue weighted by Crippen LogP contribution is 2.44. The van der Waals surface area contributed by atoms with E-state index in [1.54, 1.807) is 12.1 Å². The molecular weight excluding hydrogens is 391 g/mol. The number of alkyl halides is 3. The number of nitrogens with two attached hydrogens (primary N) is 1. The van der Waals surface area contributed by atoms with E-state index in [1.807, 2.05) is 25.3 Å². The van der Waals surface area contributed by atoms with Crippen LogP contribution in [0.3, 0.4) is 0 Å². The lowest BCUT2D eigenvalue weighted by Gasteiger charge is -2.22. The Labute approximate surface area is 166 Å². The molecule has 0 spiro atoms. The third kappa shape index (κ3) is 5.17. The summed E-state index contributed by atoms with van der Waals surface area (Å²) in [6, 6.07) is 8.56. The van der Waals surface area contributed by atoms with Crippen LogP contribution in [0, 0.1) is 0 Å². The van der Waals surface area contributed by atoms with Crippen molar-refractivity contribution in [1.82, 2.24) is 5.48 Å². The average Bonchev–Trinajstić information content (AvgIpc) is 2.66. The number of anilines is 2. The molecule has 0 saturated heterocycles. The third-order valence-electron chi connectivity index (χ3n) is 3.98. The van der Waals surface area contributed by atoms with Gasteiger partial charge in [-0.25, -0.2) is 0 Å². The van der Waals surface area contributed by atoms with Crippen LogP contribution >= 0.6 is 11.8 Å². The molecule has 0 bridgehead atoms. The molecule has 2 rings (SSSR count). The fraction of sp³-hybridized carbons (Fsp3) is 0.368. The van der Waals surface area contributed by atoms with Gasteiger partial charge in [0.15, 0.2) is 5.75 Å². The number of methoxy groups -OCH3 is 1. The summed E-state index contributed by atoms with van der Waals surface area (Å²) >= 11 is 1.47. The highest BCUT2D eigenvalue weighted by Gasteiger charge is 2.37. The molecule has 0 heterocycles. The number of halogens is 3. The quantitative estimate of drug-likeness (QED) is 0.307. The predicted octanol–water partition coefficient (Wildman–Crippen LogP) is 4.92. The van der Waals surface area contributed by atoms with E-state index in [-0.39, 0.29) is 29.2 Å². The van der Waals surface area contributed by atoms with Crippen LogP contribution in [0.25, 0.3) is 0 Å². The maximum atomic E-state index is 13.7. The Morgan fingerprint density at radius 2 is 1.89 bits per heavy atom. The molecule has 5 nitrogen and oxygen atoms in total. The maximum absolute atomic E-state index is 13.7. The van der Waals surface area contributed by atoms with E-state index in [2.05, 4.69) is 10.8 Å². The number of nitrogens with one attached hydrogen (secondary N) is 2. The zero-order chi connectivity index (χ0) is 20.7. The van der Waals surface area contributed by atoms with Gasteiger partial charge in [0.1, 0.15) is 11.4 Å². The second-order valence-electron chi connectivity index (χ2n) is 5.90. The molecule has 0 aliphatic rings. The van der Waals surface area contributed by atoms with Crippen LogP contribution in [0.2, 0.25) is 0 Å². The van der Waals surface area contributed by atoms with Crippen molar-refractivity contribution < 1.29 is 22.7 Å². The first-order valence-corrected chi connectivity index (χ1v) is 9.89. The molecule has 0 amide bonds. The smallest absolute Gasteiger partial charge is 0.418 e. The molecule has 0 atom stereocenters. The summed E-state index contributed by atoms with van der Waals surface area (Å²) < 4.78 is 46.3. The van der Waals surface area contributed by atoms with E-state index in [0.29, 0.717) is 12.3 Å². The highest BCUT2D eigenvalue weighted by atomic mass is 32.2. The molecule has 4 N–H and O–H groups in total. The van der Waals surface area contributed by atoms with Crippen molar-refractivity contribution in [3.05, 3.63) is 41.5 Å². The second-order valence-corrected chi connectivity index (χ2v) is 6.75. The Morgan fingerprint density at radius 3 is 2.50 bits per heavy atom. The van der Waals surface area contributed by atoms with Gasteiger partial charge in [-0.05, 0) is 36.4 Å². The molecule has 0 radical (unpaired) electrons. The van der Waals surface area contributed by atoms with E-state index in [0.717, 1.165) is 11.3 Å². The van der Waals surface area contributed by atoms with Gasteiger partial charge in [-0.1, -0.05) is 19.1 Å². The molecule has 0 aliphatic carbocycles. The monoisotopic (exact) mass is 415 g/mol. The largest absolute Gasteiger partial charge is 0.494 e. The predicted molar refractivity (Wildman–Crippen MR) is 107 cm³/mol. The van der Waals surface area contributed by atoms with Gasteiger partial charge in [-0.15, -0.1) is 11.8 Å². The molecule has 0 fully saturated rings. The van der Waals surface area contributed by atoms with Gasteiger partial charge in [0.05, 0.1) is 29.8 Å². The number of benzene rings is 2. The Morgan fingerprint density at radius 1 is 1.18 bits per heavy atom. The van der Waals surface area contributed by atoms with Crippen molar-refractivity contribution in [2.75, 3.05) is 31.0 Å². The molecule has 28 heavy (non-hydrogen) atoms. The Hall–Kier alpha value is -2.26. The molecule has 154 valence electrons. The number of hydroxylamine groups is 1. The Balaban J connectivity index is 2.33. The van der Waals surface area contributed by atoms with Crippen LogP contribution in [0.4, 0.5) is 24.5 Å². The molecular formula is C19H24F3N3O2S. The van der Waals surface area contributed by atoms with Crippen molar-refractivity contribution >= 4 is 23.1 Å². The lowest BCUT2D eigenvalue weighted by Crippen LogP contribution is -2.23. The van der Waals surface area contributed by atoms with Crippen molar-refractivity contribution in [2.24, 2.45) is 0 Å². The Kier molecular flexibility index (Phi) is 7.70. The zero-order valence-corrected chi connectivity index (χ0v) is 16.8. The second kappa shape index (κ2) is 9.79. The minimum atomic E-state index is -4.62. The van der Waals surface area contributed by atoms with Crippen molar-refractivity contribution in [1.29, 1.82) is 0 Å². The Bertz CT molecular complexity index is 801. The number of para-hydroxylation sites is 1. The van der Waals surface area contributed by atoms with Crippen molar-refractivity contribution in [3.63, 3.8) is 0 Å². The summed E-state index contributed by atoms with van der Waals surface area (Å²) in [6.45, 7) is 2.18. The topological polar surface area (TPSA) is 68.5 Å². The lowest BCUT2D eigenvalue weighted by atomic mass is 10.0. The van der Waals surface area contributed by atoms with Gasteiger partial charge >= 0.3 is 6.18 Å². The number of rotatable bonds is 9. The van der Waals surface area contributed by atoms with E-state index >= 15 is 0 Å². The minimum absolute atomic E-state index is 0.0643. The van der Waals surface area contributed by atoms with Crippen molar-refractivity contribution in [3.8, 4) is 11.5 Å². The number of hydrogen-bond donors (Lipinski definition) is 3. The van der Waals surface area contributed by atoms with Crippen LogP contribution in [0.5, 0.6) is 11.5 Å². The summed E-state index contributed by atoms with van der Waals surface area (Å²) in [5, 5.41) is 2.91. The van der Waals surface area contributed by atoms with Crippen molar-refractivity contribution in [2.45, 2.75) is 31.0 Å². The summed E-state index contributed by atoms with van der Waals surface area (Å²) in [5.74, 6) is 0.782. The van der Waals surface area contributed by atoms with Crippen LogP contribution in [0.1, 0.15) is 24.5 Å². The molecule has 2 aromatic carbocycles. The van der Waals surface area contributed by atoms with E-state index in [4.69, 9.17) is 15.3 Å². The van der Waals surface area contributed by atoms with Crippen LogP contribution in [0.15, 0.2) is 35.2 Å². The van der Waals surface area contributed by atoms with Gasteiger partial charge in [-0.3, -0.25) is 0 Å². The normalized spacial score (nSPS) is 11.4. The summed E-state index contributed by atoms with van der Waals surface area (Å²) in [7, 11) is 1.39. The van der Waals surface area contributed by atoms with Gasteiger partial charge in [0.25, 0.3) is 0 Å². The first-order chi connectivity index (χ1) is 13.3. The fourth-order valence-electron chi connectivity index (χ4n) is 2.70. The van der Waals surface area contributed by atoms with E-state index < -0.39 is 11.7 Å². The van der Waals surface area contributed by atoms with Gasteiger partial charge in [-0.2, -0.15) is 18.7 Å². The minimum Gasteiger partial charge on any atom is -0.494 e. The number of nitrogen functional groups attached to an aromatic ring is 1. The van der Waals surface area contributed by atoms with E-state index in [1.165, 1.54) is 24.9 Å². The molecule has 2 aromatic rings. The molecule has 0 unspecified atom stereocenters. The average molecular weight is 415 g/mol. The van der Waals surface area contributed by atoms with Gasteiger partial charge < -0.3 is 20.6 Å². The van der Waals surface area contributed by atoms with Gasteiger partial charge in [0, 0.05) is 6.54 Å². The third-order valence-corrected chi connectivity index (χ3v) is 4.76. The SMILES string of the molecule is CCCNc1c(OC)cc(CNOc2ccccc2SC)c(C(F)(F)F)c1N. The summed E-state index contributed by atoms with van der Waals surface area (Å²) in [6.07, 6.45) is -2.00. The molecule has 0 aromatic heterocycles. The first kappa shape index (κ1) is 22.0. The standard InChI is InChI=1S/C19H24F3N3O2S/c1-4-9-24-18-14(26-2)10-12(16(17(18)23)19(20,21)22)11-25-27-13-7-5-6-8-15(13)28-3/h5-8,10,24-25H,4,9,11,23H2,1-3H3. The molecule has 0 saturated carbocycles. The van der Waals surface area contributed by atoms with Crippen LogP contribution in [-0.2, 0) is 12.7 Å². The maximum Gasteiger partial charge on any atom is 0.418 e. The number of hydrogen-bond acceptors (Lipinski definition) is 6. The fourth-order valence-corrected chi connectivity index (χ4v) is 3.22. The summed E-state index contributed by atoms with van der Waals surface area (Å²) in [5.41, 5.74) is 7.28. The molecule has 0 aliphatic heterocycles. The van der Waals surface area contributed by atoms with E-state index in [9.17, 15) is 13.2 Å². The zero-order valence-electron chi connectivity index (χ0n) is 15.9. The lowest BCUT2D eigenvalue weighted by molar-refractivity contribution is -0.137. The van der Waals surface area contributed by atoms with Crippen LogP contribution < -0.4 is 26.1 Å². The summed E-state index contributed by atoms with van der Waals surface area (Å²) in [4.78, 5) is 6.34. The first-order valence-electron chi connectivity index (χ1n) is 8.66. The van der Waals surface area contributed by atoms with Gasteiger partial charge in [0.2, 0.25) is 0 Å². The highest BCUT2D eigenvalue weighted by molar-refractivity contribution is 7.98. The number of thioether (sulfide) groups is 1. The number of ether oxygens (including phenoxy) is 1. The van der Waals surface area contributed by atoms with Crippen LogP contribution in [-0.4, -0.2) is 19.9 Å².